The molecule has 0 aromatic heterocycles. The van der Waals surface area contributed by atoms with E-state index in [2.05, 4.69) is 10.1 Å². The van der Waals surface area contributed by atoms with Crippen LogP contribution in [0.3, 0.4) is 0 Å². The van der Waals surface area contributed by atoms with Crippen LogP contribution >= 0.6 is 11.8 Å². The number of nitrogens with two attached hydrogens (primary N) is 1. The minimum absolute atomic E-state index is 1.29. The molecule has 7 heavy (non-hydrogen) atoms. The van der Waals surface area contributed by atoms with E-state index in [1.54, 1.807) is 5.55 Å². The van der Waals surface area contributed by atoms with Crippen LogP contribution in [-0.2, 0) is 0 Å². The van der Waals surface area contributed by atoms with Crippen molar-refractivity contribution in [3.05, 3.63) is 0 Å². The molecule has 0 aliphatic carbocycles. The number of nitrogens with zero attached hydrogens (tertiary/aromatic N) is 2. The Kier molecular flexibility index (Phi) is 5.09. The Morgan fingerprint density at radius 3 is 2.86 bits per heavy atom. The van der Waals surface area contributed by atoms with E-state index in [-0.39, 0.29) is 0 Å². The van der Waals surface area contributed by atoms with Gasteiger partial charge in [-0.1, -0.05) is 0 Å². The molecule has 0 fully saturated rings. The van der Waals surface area contributed by atoms with Gasteiger partial charge in [-0.2, -0.15) is 5.10 Å². The average molecular weight is 117 g/mol. The highest BCUT2D eigenvalue weighted by molar-refractivity contribution is 8.11. The van der Waals surface area contributed by atoms with Gasteiger partial charge in [-0.15, -0.1) is 11.8 Å². The van der Waals surface area contributed by atoms with Gasteiger partial charge in [0.05, 0.1) is 5.55 Å². The summed E-state index contributed by atoms with van der Waals surface area (Å²) in [5.41, 5.74) is 1.65. The Labute approximate surface area is 46.7 Å². The summed E-state index contributed by atoms with van der Waals surface area (Å²) in [6, 6.07) is 0. The quantitative estimate of drug-likeness (QED) is 0.244. The molecule has 0 aromatic rings. The molecule has 0 aliphatic heterocycles. The molecule has 0 amide bonds. The lowest BCUT2D eigenvalue weighted by molar-refractivity contribution is 1.26. The molecule has 0 bridgehead atoms. The lowest BCUT2D eigenvalue weighted by Crippen LogP contribution is -1.77. The molecule has 0 aliphatic rings. The summed E-state index contributed by atoms with van der Waals surface area (Å²) < 4.78 is 0. The smallest absolute Gasteiger partial charge is 0.135 e. The van der Waals surface area contributed by atoms with Gasteiger partial charge in [-0.05, 0) is 6.26 Å². The van der Waals surface area contributed by atoms with E-state index in [0.717, 1.165) is 0 Å². The third-order valence-corrected chi connectivity index (χ3v) is 0.632. The molecular weight excluding hydrogens is 110 g/mol. The Morgan fingerprint density at radius 2 is 2.43 bits per heavy atom. The van der Waals surface area contributed by atoms with Crippen LogP contribution in [0.25, 0.3) is 0 Å². The van der Waals surface area contributed by atoms with E-state index in [0.29, 0.717) is 0 Å². The van der Waals surface area contributed by atoms with E-state index in [1.807, 2.05) is 6.26 Å². The number of thioether (sulfide) groups is 1. The SMILES string of the molecule is CSC=N/C=N\N. The summed E-state index contributed by atoms with van der Waals surface area (Å²) >= 11 is 1.50. The monoisotopic (exact) mass is 117 g/mol. The molecule has 0 radical (unpaired) electrons. The van der Waals surface area contributed by atoms with Crippen LogP contribution in [0.5, 0.6) is 0 Å². The van der Waals surface area contributed by atoms with Gasteiger partial charge in [-0.3, -0.25) is 0 Å². The third-order valence-electron chi connectivity index (χ3n) is 0.300. The number of hydrogen-bond donors (Lipinski definition) is 1. The molecule has 0 heterocycles. The van der Waals surface area contributed by atoms with Gasteiger partial charge >= 0.3 is 0 Å². The third kappa shape index (κ3) is 5.49. The van der Waals surface area contributed by atoms with Crippen LogP contribution in [0.4, 0.5) is 0 Å². The van der Waals surface area contributed by atoms with Crippen molar-refractivity contribution in [1.82, 2.24) is 0 Å². The highest BCUT2D eigenvalue weighted by Gasteiger charge is 1.58. The van der Waals surface area contributed by atoms with Crippen molar-refractivity contribution < 1.29 is 0 Å². The summed E-state index contributed by atoms with van der Waals surface area (Å²) in [4.78, 5) is 3.63. The summed E-state index contributed by atoms with van der Waals surface area (Å²) in [7, 11) is 0. The van der Waals surface area contributed by atoms with E-state index in [1.165, 1.54) is 18.1 Å². The Morgan fingerprint density at radius 1 is 1.71 bits per heavy atom. The molecular formula is C3H7N3S. The van der Waals surface area contributed by atoms with Crippen molar-refractivity contribution in [1.29, 1.82) is 0 Å². The fourth-order valence-electron chi connectivity index (χ4n) is 0.127. The topological polar surface area (TPSA) is 50.7 Å². The normalized spacial score (nSPS) is 11.6. The predicted octanol–water partition coefficient (Wildman–Crippen LogP) is 0.280. The van der Waals surface area contributed by atoms with Gasteiger partial charge in [0.2, 0.25) is 0 Å². The van der Waals surface area contributed by atoms with Gasteiger partial charge in [0, 0.05) is 0 Å². The lowest BCUT2D eigenvalue weighted by atomic mass is 11.3. The zero-order chi connectivity index (χ0) is 5.54. The van der Waals surface area contributed by atoms with Crippen LogP contribution in [-0.4, -0.2) is 18.1 Å². The Hall–Kier alpha value is -0.510. The summed E-state index contributed by atoms with van der Waals surface area (Å²) in [6.07, 6.45) is 3.20. The fraction of sp³-hybridized carbons (Fsp3) is 0.333. The van der Waals surface area contributed by atoms with Gasteiger partial charge in [0.15, 0.2) is 0 Å². The molecule has 0 unspecified atom stereocenters. The minimum Gasteiger partial charge on any atom is -0.322 e. The minimum atomic E-state index is 1.29. The maximum absolute atomic E-state index is 4.72. The molecule has 3 nitrogen and oxygen atoms in total. The maximum atomic E-state index is 4.72. The van der Waals surface area contributed by atoms with Crippen molar-refractivity contribution in [3.8, 4) is 0 Å². The van der Waals surface area contributed by atoms with E-state index in [4.69, 9.17) is 5.84 Å². The van der Waals surface area contributed by atoms with Gasteiger partial charge in [-0.25, -0.2) is 4.99 Å². The van der Waals surface area contributed by atoms with Crippen molar-refractivity contribution >= 4 is 23.6 Å². The molecule has 0 rings (SSSR count). The first kappa shape index (κ1) is 6.49. The second-order valence-electron chi connectivity index (χ2n) is 0.755. The first-order valence-corrected chi connectivity index (χ1v) is 2.96. The van der Waals surface area contributed by atoms with Crippen molar-refractivity contribution in [3.63, 3.8) is 0 Å². The summed E-state index contributed by atoms with van der Waals surface area (Å²) in [5.74, 6) is 4.72. The molecule has 0 saturated heterocycles. The molecule has 40 valence electrons. The van der Waals surface area contributed by atoms with Crippen molar-refractivity contribution in [2.24, 2.45) is 15.9 Å². The first-order valence-electron chi connectivity index (χ1n) is 1.68. The molecule has 0 saturated carbocycles. The van der Waals surface area contributed by atoms with Gasteiger partial charge in [0.25, 0.3) is 0 Å². The number of rotatable bonds is 2. The zero-order valence-electron chi connectivity index (χ0n) is 4.03. The predicted molar refractivity (Wildman–Crippen MR) is 34.7 cm³/mol. The number of hydrazone groups is 1. The van der Waals surface area contributed by atoms with E-state index < -0.39 is 0 Å². The molecule has 0 atom stereocenters. The average Bonchev–Trinajstić information content (AvgIpc) is 1.69. The lowest BCUT2D eigenvalue weighted by Gasteiger charge is -1.71. The highest BCUT2D eigenvalue weighted by atomic mass is 32.2. The maximum Gasteiger partial charge on any atom is 0.135 e. The largest absolute Gasteiger partial charge is 0.322 e. The van der Waals surface area contributed by atoms with Crippen LogP contribution in [0.2, 0.25) is 0 Å². The number of aliphatic imine (C=N–C) groups is 1. The van der Waals surface area contributed by atoms with Crippen molar-refractivity contribution in [2.45, 2.75) is 0 Å². The highest BCUT2D eigenvalue weighted by Crippen LogP contribution is 1.79. The fourth-order valence-corrected chi connectivity index (χ4v) is 0.303. The summed E-state index contributed by atoms with van der Waals surface area (Å²) in [6.45, 7) is 0. The summed E-state index contributed by atoms with van der Waals surface area (Å²) in [5, 5.41) is 3.14. The molecule has 4 heteroatoms. The Balaban J connectivity index is 3.09. The second-order valence-corrected chi connectivity index (χ2v) is 1.44. The van der Waals surface area contributed by atoms with Crippen LogP contribution in [0, 0.1) is 0 Å². The van der Waals surface area contributed by atoms with Gasteiger partial charge < -0.3 is 5.84 Å². The van der Waals surface area contributed by atoms with E-state index >= 15 is 0 Å². The molecule has 0 spiro atoms. The standard InChI is InChI=1S/C3H7N3S/c1-7-3-5-2-6-4/h2-3H,4H2,1H3/b5-3?,6-2-. The van der Waals surface area contributed by atoms with Crippen molar-refractivity contribution in [2.75, 3.05) is 6.26 Å². The molecule has 0 aromatic carbocycles. The van der Waals surface area contributed by atoms with E-state index in [9.17, 15) is 0 Å². The first-order chi connectivity index (χ1) is 3.41. The second kappa shape index (κ2) is 5.49. The number of hydrogen-bond acceptors (Lipinski definition) is 3. The van der Waals surface area contributed by atoms with Crippen LogP contribution < -0.4 is 5.84 Å². The van der Waals surface area contributed by atoms with Gasteiger partial charge in [0.1, 0.15) is 6.34 Å². The van der Waals surface area contributed by atoms with Crippen LogP contribution in [0.1, 0.15) is 0 Å². The zero-order valence-corrected chi connectivity index (χ0v) is 4.85. The molecule has 2 N–H and O–H groups in total. The Bertz CT molecular complexity index is 78.2. The van der Waals surface area contributed by atoms with Crippen LogP contribution in [0.15, 0.2) is 10.1 Å².